The summed E-state index contributed by atoms with van der Waals surface area (Å²) in [7, 11) is 0. The fourth-order valence-corrected chi connectivity index (χ4v) is 3.54. The van der Waals surface area contributed by atoms with Gasteiger partial charge in [-0.05, 0) is 42.5 Å². The molecule has 0 radical (unpaired) electrons. The topological polar surface area (TPSA) is 120 Å². The number of nitrogens with zero attached hydrogens (tertiary/aromatic N) is 2. The van der Waals surface area contributed by atoms with Crippen molar-refractivity contribution in [3.05, 3.63) is 58.4 Å². The number of carboxylic acids is 1. The predicted octanol–water partition coefficient (Wildman–Crippen LogP) is 2.27. The molecule has 1 saturated heterocycles. The van der Waals surface area contributed by atoms with Gasteiger partial charge >= 0.3 is 5.97 Å². The standard InChI is InChI=1S/C20H20ClN3O5/c21-15-4-2-1-3-14(15)20(29)24-7-5-12(6-8-24)13-9-16(25)18(22-10-13)19(28)23-11-17(26)27/h1-4,9-10,12,25H,5-8,11H2,(H,23,28)(H,26,27). The van der Waals surface area contributed by atoms with Gasteiger partial charge < -0.3 is 20.4 Å². The number of piperidine rings is 1. The van der Waals surface area contributed by atoms with Crippen LogP contribution in [0.2, 0.25) is 5.02 Å². The number of aromatic hydroxyl groups is 1. The molecule has 0 spiro atoms. The van der Waals surface area contributed by atoms with Crippen LogP contribution in [0.1, 0.15) is 45.2 Å². The molecule has 29 heavy (non-hydrogen) atoms. The minimum atomic E-state index is -1.19. The second-order valence-corrected chi connectivity index (χ2v) is 7.17. The van der Waals surface area contributed by atoms with Crippen molar-refractivity contribution in [2.24, 2.45) is 0 Å². The number of carboxylic acid groups (broad SMARTS) is 1. The highest BCUT2D eigenvalue weighted by Crippen LogP contribution is 2.31. The van der Waals surface area contributed by atoms with E-state index in [4.69, 9.17) is 16.7 Å². The summed E-state index contributed by atoms with van der Waals surface area (Å²) in [5, 5.41) is 21.3. The van der Waals surface area contributed by atoms with Crippen LogP contribution in [-0.4, -0.2) is 57.5 Å². The van der Waals surface area contributed by atoms with Crippen molar-refractivity contribution >= 4 is 29.4 Å². The first-order valence-electron chi connectivity index (χ1n) is 9.09. The molecule has 8 nitrogen and oxygen atoms in total. The van der Waals surface area contributed by atoms with E-state index in [1.54, 1.807) is 29.2 Å². The minimum absolute atomic E-state index is 0.0832. The lowest BCUT2D eigenvalue weighted by atomic mass is 9.90. The number of aliphatic carboxylic acids is 1. The number of amides is 2. The monoisotopic (exact) mass is 417 g/mol. The fraction of sp³-hybridized carbons (Fsp3) is 0.300. The maximum atomic E-state index is 12.6. The van der Waals surface area contributed by atoms with Gasteiger partial charge in [0.05, 0.1) is 10.6 Å². The summed E-state index contributed by atoms with van der Waals surface area (Å²) in [5.41, 5.74) is 1.02. The molecule has 9 heteroatoms. The molecule has 0 bridgehead atoms. The number of carbonyl (C=O) groups is 3. The number of halogens is 1. The largest absolute Gasteiger partial charge is 0.505 e. The van der Waals surface area contributed by atoms with Crippen molar-refractivity contribution in [3.63, 3.8) is 0 Å². The SMILES string of the molecule is O=C(O)CNC(=O)c1ncc(C2CCN(C(=O)c3ccccc3Cl)CC2)cc1O. The molecule has 1 fully saturated rings. The van der Waals surface area contributed by atoms with Crippen LogP contribution in [-0.2, 0) is 4.79 Å². The molecular formula is C20H20ClN3O5. The van der Waals surface area contributed by atoms with Gasteiger partial charge in [-0.2, -0.15) is 0 Å². The number of hydrogen-bond acceptors (Lipinski definition) is 5. The van der Waals surface area contributed by atoms with Crippen molar-refractivity contribution in [2.45, 2.75) is 18.8 Å². The van der Waals surface area contributed by atoms with Crippen LogP contribution in [0, 0.1) is 0 Å². The van der Waals surface area contributed by atoms with E-state index in [1.807, 2.05) is 0 Å². The van der Waals surface area contributed by atoms with Crippen LogP contribution in [0.15, 0.2) is 36.5 Å². The lowest BCUT2D eigenvalue weighted by molar-refractivity contribution is -0.135. The molecule has 0 saturated carbocycles. The van der Waals surface area contributed by atoms with E-state index in [0.29, 0.717) is 36.5 Å². The minimum Gasteiger partial charge on any atom is -0.505 e. The number of nitrogens with one attached hydrogen (secondary N) is 1. The summed E-state index contributed by atoms with van der Waals surface area (Å²) in [5.74, 6) is -2.27. The van der Waals surface area contributed by atoms with E-state index in [1.165, 1.54) is 12.3 Å². The first kappa shape index (κ1) is 20.6. The molecular weight excluding hydrogens is 398 g/mol. The van der Waals surface area contributed by atoms with Gasteiger partial charge in [-0.25, -0.2) is 4.98 Å². The van der Waals surface area contributed by atoms with Crippen LogP contribution >= 0.6 is 11.6 Å². The Kier molecular flexibility index (Phi) is 6.33. The van der Waals surface area contributed by atoms with E-state index >= 15 is 0 Å². The van der Waals surface area contributed by atoms with Crippen molar-refractivity contribution in [1.82, 2.24) is 15.2 Å². The highest BCUT2D eigenvalue weighted by molar-refractivity contribution is 6.33. The Morgan fingerprint density at radius 2 is 1.90 bits per heavy atom. The van der Waals surface area contributed by atoms with Crippen LogP contribution in [0.25, 0.3) is 0 Å². The average Bonchev–Trinajstić information content (AvgIpc) is 2.72. The van der Waals surface area contributed by atoms with Crippen LogP contribution in [0.4, 0.5) is 0 Å². The van der Waals surface area contributed by atoms with Gasteiger partial charge in [0.25, 0.3) is 11.8 Å². The molecule has 2 heterocycles. The lowest BCUT2D eigenvalue weighted by Gasteiger charge is -2.32. The molecule has 2 aromatic rings. The Morgan fingerprint density at radius 3 is 2.52 bits per heavy atom. The first-order valence-corrected chi connectivity index (χ1v) is 9.47. The zero-order valence-electron chi connectivity index (χ0n) is 15.5. The average molecular weight is 418 g/mol. The second kappa shape index (κ2) is 8.91. The Morgan fingerprint density at radius 1 is 1.21 bits per heavy atom. The summed E-state index contributed by atoms with van der Waals surface area (Å²) in [6.07, 6.45) is 2.87. The highest BCUT2D eigenvalue weighted by Gasteiger charge is 2.26. The third-order valence-corrected chi connectivity index (χ3v) is 5.19. The van der Waals surface area contributed by atoms with E-state index in [-0.39, 0.29) is 23.3 Å². The zero-order chi connectivity index (χ0) is 21.0. The molecule has 3 rings (SSSR count). The van der Waals surface area contributed by atoms with Gasteiger partial charge in [-0.15, -0.1) is 0 Å². The second-order valence-electron chi connectivity index (χ2n) is 6.76. The number of hydrogen-bond donors (Lipinski definition) is 3. The Hall–Kier alpha value is -3.13. The molecule has 0 unspecified atom stereocenters. The Balaban J connectivity index is 1.63. The molecule has 1 aromatic carbocycles. The van der Waals surface area contributed by atoms with Gasteiger partial charge in [0.1, 0.15) is 12.3 Å². The third-order valence-electron chi connectivity index (χ3n) is 4.86. The van der Waals surface area contributed by atoms with Gasteiger partial charge in [-0.1, -0.05) is 23.7 Å². The number of carbonyl (C=O) groups excluding carboxylic acids is 2. The number of rotatable bonds is 5. The van der Waals surface area contributed by atoms with E-state index < -0.39 is 18.4 Å². The summed E-state index contributed by atoms with van der Waals surface area (Å²) in [6.45, 7) is 0.520. The van der Waals surface area contributed by atoms with Gasteiger partial charge in [-0.3, -0.25) is 14.4 Å². The number of aromatic nitrogens is 1. The summed E-state index contributed by atoms with van der Waals surface area (Å²) < 4.78 is 0. The normalized spacial score (nSPS) is 14.4. The van der Waals surface area contributed by atoms with Gasteiger partial charge in [0.2, 0.25) is 0 Å². The molecule has 1 aromatic heterocycles. The smallest absolute Gasteiger partial charge is 0.322 e. The molecule has 0 atom stereocenters. The molecule has 2 amide bonds. The number of likely N-dealkylation sites (tertiary alicyclic amines) is 1. The van der Waals surface area contributed by atoms with Gasteiger partial charge in [0, 0.05) is 19.3 Å². The summed E-state index contributed by atoms with van der Waals surface area (Å²) in [4.78, 5) is 40.8. The first-order chi connectivity index (χ1) is 13.9. The summed E-state index contributed by atoms with van der Waals surface area (Å²) >= 11 is 6.11. The molecule has 152 valence electrons. The predicted molar refractivity (Wildman–Crippen MR) is 105 cm³/mol. The maximum Gasteiger partial charge on any atom is 0.322 e. The van der Waals surface area contributed by atoms with Crippen LogP contribution in [0.5, 0.6) is 5.75 Å². The number of pyridine rings is 1. The van der Waals surface area contributed by atoms with E-state index in [9.17, 15) is 19.5 Å². The number of benzene rings is 1. The van der Waals surface area contributed by atoms with Gasteiger partial charge in [0.15, 0.2) is 5.69 Å². The van der Waals surface area contributed by atoms with E-state index in [2.05, 4.69) is 10.3 Å². The van der Waals surface area contributed by atoms with Crippen molar-refractivity contribution < 1.29 is 24.6 Å². The van der Waals surface area contributed by atoms with E-state index in [0.717, 1.165) is 5.56 Å². The highest BCUT2D eigenvalue weighted by atomic mass is 35.5. The quantitative estimate of drug-likeness (QED) is 0.686. The van der Waals surface area contributed by atoms with Crippen molar-refractivity contribution in [3.8, 4) is 5.75 Å². The van der Waals surface area contributed by atoms with Crippen molar-refractivity contribution in [2.75, 3.05) is 19.6 Å². The zero-order valence-corrected chi connectivity index (χ0v) is 16.2. The maximum absolute atomic E-state index is 12.6. The van der Waals surface area contributed by atoms with Crippen LogP contribution < -0.4 is 5.32 Å². The van der Waals surface area contributed by atoms with Crippen molar-refractivity contribution in [1.29, 1.82) is 0 Å². The third kappa shape index (κ3) is 4.83. The molecule has 1 aliphatic rings. The molecule has 0 aliphatic carbocycles. The lowest BCUT2D eigenvalue weighted by Crippen LogP contribution is -2.38. The molecule has 3 N–H and O–H groups in total. The van der Waals surface area contributed by atoms with Crippen LogP contribution in [0.3, 0.4) is 0 Å². The Labute approximate surface area is 172 Å². The Bertz CT molecular complexity index is 941. The molecule has 1 aliphatic heterocycles. The fourth-order valence-electron chi connectivity index (χ4n) is 3.33. The summed E-state index contributed by atoms with van der Waals surface area (Å²) in [6, 6.07) is 8.40.